The monoisotopic (exact) mass is 454 g/mol. The van der Waals surface area contributed by atoms with Crippen LogP contribution in [0.2, 0.25) is 10.0 Å². The molecule has 0 radical (unpaired) electrons. The van der Waals surface area contributed by atoms with E-state index in [0.717, 1.165) is 6.42 Å². The van der Waals surface area contributed by atoms with Gasteiger partial charge in [-0.2, -0.15) is 0 Å². The van der Waals surface area contributed by atoms with E-state index in [0.29, 0.717) is 16.2 Å². The average Bonchev–Trinajstić information content (AvgIpc) is 2.76. The fourth-order valence-electron chi connectivity index (χ4n) is 2.96. The SMILES string of the molecule is CCc1ccc(Oc2coc3cc(OC(=O)c4ccc(Cl)cc4Cl)ccc3c2=O)cc1. The van der Waals surface area contributed by atoms with E-state index in [2.05, 4.69) is 6.92 Å². The number of rotatable bonds is 5. The van der Waals surface area contributed by atoms with Crippen LogP contribution >= 0.6 is 23.2 Å². The van der Waals surface area contributed by atoms with Crippen LogP contribution < -0.4 is 14.9 Å². The van der Waals surface area contributed by atoms with E-state index >= 15 is 0 Å². The summed E-state index contributed by atoms with van der Waals surface area (Å²) in [4.78, 5) is 25.2. The lowest BCUT2D eigenvalue weighted by atomic mass is 10.2. The lowest BCUT2D eigenvalue weighted by Crippen LogP contribution is -2.09. The van der Waals surface area contributed by atoms with E-state index in [4.69, 9.17) is 37.1 Å². The minimum atomic E-state index is -0.654. The molecule has 156 valence electrons. The predicted octanol–water partition coefficient (Wildman–Crippen LogP) is 6.67. The maximum Gasteiger partial charge on any atom is 0.345 e. The van der Waals surface area contributed by atoms with Gasteiger partial charge in [-0.05, 0) is 54.4 Å². The van der Waals surface area contributed by atoms with Gasteiger partial charge in [0, 0.05) is 11.1 Å². The molecule has 0 aliphatic heterocycles. The second-order valence-electron chi connectivity index (χ2n) is 6.70. The van der Waals surface area contributed by atoms with Crippen LogP contribution in [0.1, 0.15) is 22.8 Å². The minimum absolute atomic E-state index is 0.0643. The van der Waals surface area contributed by atoms with Gasteiger partial charge in [0.25, 0.3) is 0 Å². The second-order valence-corrected chi connectivity index (χ2v) is 7.54. The van der Waals surface area contributed by atoms with Crippen molar-refractivity contribution in [1.82, 2.24) is 0 Å². The van der Waals surface area contributed by atoms with E-state index in [1.54, 1.807) is 18.2 Å². The third kappa shape index (κ3) is 4.58. The van der Waals surface area contributed by atoms with Crippen LogP contribution in [0.3, 0.4) is 0 Å². The van der Waals surface area contributed by atoms with Gasteiger partial charge in [-0.1, -0.05) is 42.3 Å². The van der Waals surface area contributed by atoms with E-state index in [-0.39, 0.29) is 33.1 Å². The molecule has 5 nitrogen and oxygen atoms in total. The Bertz CT molecular complexity index is 1330. The summed E-state index contributed by atoms with van der Waals surface area (Å²) in [6, 6.07) is 16.4. The number of halogens is 2. The van der Waals surface area contributed by atoms with Crippen LogP contribution in [0.5, 0.6) is 17.2 Å². The Labute approximate surface area is 187 Å². The molecular formula is C24H16Cl2O5. The number of carbonyl (C=O) groups excluding carboxylic acids is 1. The van der Waals surface area contributed by atoms with Gasteiger partial charge in [0.05, 0.1) is 16.0 Å². The van der Waals surface area contributed by atoms with Gasteiger partial charge >= 0.3 is 5.97 Å². The van der Waals surface area contributed by atoms with E-state index in [9.17, 15) is 9.59 Å². The zero-order valence-corrected chi connectivity index (χ0v) is 17.9. The van der Waals surface area contributed by atoms with E-state index < -0.39 is 5.97 Å². The number of hydrogen-bond acceptors (Lipinski definition) is 5. The Balaban J connectivity index is 1.57. The van der Waals surface area contributed by atoms with Gasteiger partial charge in [0.15, 0.2) is 0 Å². The Morgan fingerprint density at radius 2 is 1.71 bits per heavy atom. The van der Waals surface area contributed by atoms with Crippen LogP contribution in [0.15, 0.2) is 76.1 Å². The van der Waals surface area contributed by atoms with Crippen LogP contribution in [-0.4, -0.2) is 5.97 Å². The topological polar surface area (TPSA) is 65.7 Å². The van der Waals surface area contributed by atoms with Crippen molar-refractivity contribution >= 4 is 40.1 Å². The summed E-state index contributed by atoms with van der Waals surface area (Å²) in [5.74, 6) is 0.151. The highest BCUT2D eigenvalue weighted by Crippen LogP contribution is 2.26. The number of hydrogen-bond donors (Lipinski definition) is 0. The van der Waals surface area contributed by atoms with E-state index in [1.165, 1.54) is 42.2 Å². The molecule has 0 aliphatic rings. The molecule has 0 unspecified atom stereocenters. The van der Waals surface area contributed by atoms with E-state index in [1.807, 2.05) is 12.1 Å². The standard InChI is InChI=1S/C24H16Cl2O5/c1-2-14-3-6-16(7-4-14)30-22-13-29-21-12-17(8-10-19(21)23(22)27)31-24(28)18-9-5-15(25)11-20(18)26/h3-13H,2H2,1H3. The Morgan fingerprint density at radius 3 is 2.42 bits per heavy atom. The molecule has 0 atom stereocenters. The Kier molecular flexibility index (Phi) is 5.98. The first-order chi connectivity index (χ1) is 14.9. The Morgan fingerprint density at radius 1 is 0.968 bits per heavy atom. The largest absolute Gasteiger partial charge is 0.460 e. The number of ether oxygens (including phenoxy) is 2. The molecule has 3 aromatic carbocycles. The van der Waals surface area contributed by atoms with Gasteiger partial charge in [0.2, 0.25) is 11.2 Å². The molecule has 1 aromatic heterocycles. The van der Waals surface area contributed by atoms with Crippen LogP contribution in [0, 0.1) is 0 Å². The molecule has 0 amide bonds. The van der Waals surface area contributed by atoms with Gasteiger partial charge in [-0.3, -0.25) is 4.79 Å². The summed E-state index contributed by atoms with van der Waals surface area (Å²) in [5.41, 5.74) is 1.26. The number of fused-ring (bicyclic) bond motifs is 1. The molecule has 4 rings (SSSR count). The molecule has 7 heteroatoms. The van der Waals surface area contributed by atoms with Crippen LogP contribution in [0.4, 0.5) is 0 Å². The van der Waals surface area contributed by atoms with Crippen LogP contribution in [0.25, 0.3) is 11.0 Å². The number of benzene rings is 3. The second kappa shape index (κ2) is 8.84. The molecular weight excluding hydrogens is 439 g/mol. The molecule has 0 bridgehead atoms. The number of aryl methyl sites for hydroxylation is 1. The first kappa shape index (κ1) is 21.0. The maximum absolute atomic E-state index is 12.8. The van der Waals surface area contributed by atoms with Crippen molar-refractivity contribution in [3.63, 3.8) is 0 Å². The zero-order chi connectivity index (χ0) is 22.0. The minimum Gasteiger partial charge on any atom is -0.460 e. The lowest BCUT2D eigenvalue weighted by molar-refractivity contribution is 0.0735. The maximum atomic E-state index is 12.8. The van der Waals surface area contributed by atoms with Crippen molar-refractivity contribution in [1.29, 1.82) is 0 Å². The average molecular weight is 455 g/mol. The summed E-state index contributed by atoms with van der Waals surface area (Å²) in [7, 11) is 0. The van der Waals surface area contributed by atoms with Crippen molar-refractivity contribution in [2.24, 2.45) is 0 Å². The number of carbonyl (C=O) groups is 1. The fraction of sp³-hybridized carbons (Fsp3) is 0.0833. The van der Waals surface area contributed by atoms with Gasteiger partial charge < -0.3 is 13.9 Å². The van der Waals surface area contributed by atoms with Gasteiger partial charge in [-0.25, -0.2) is 4.79 Å². The molecule has 4 aromatic rings. The first-order valence-electron chi connectivity index (χ1n) is 9.44. The summed E-state index contributed by atoms with van der Waals surface area (Å²) < 4.78 is 16.6. The summed E-state index contributed by atoms with van der Waals surface area (Å²) in [6.45, 7) is 2.06. The summed E-state index contributed by atoms with van der Waals surface area (Å²) in [5, 5.41) is 0.888. The van der Waals surface area contributed by atoms with Crippen LogP contribution in [-0.2, 0) is 6.42 Å². The quantitative estimate of drug-likeness (QED) is 0.248. The molecule has 31 heavy (non-hydrogen) atoms. The molecule has 0 N–H and O–H groups in total. The van der Waals surface area contributed by atoms with Gasteiger partial charge in [-0.15, -0.1) is 0 Å². The first-order valence-corrected chi connectivity index (χ1v) is 10.2. The molecule has 1 heterocycles. The third-order valence-electron chi connectivity index (χ3n) is 4.64. The smallest absolute Gasteiger partial charge is 0.345 e. The van der Waals surface area contributed by atoms with Crippen molar-refractivity contribution in [2.45, 2.75) is 13.3 Å². The van der Waals surface area contributed by atoms with Gasteiger partial charge in [0.1, 0.15) is 23.3 Å². The molecule has 0 fully saturated rings. The molecule has 0 saturated carbocycles. The highest BCUT2D eigenvalue weighted by atomic mass is 35.5. The lowest BCUT2D eigenvalue weighted by Gasteiger charge is -2.08. The Hall–Kier alpha value is -3.28. The number of esters is 1. The predicted molar refractivity (Wildman–Crippen MR) is 120 cm³/mol. The third-order valence-corrected chi connectivity index (χ3v) is 5.18. The van der Waals surface area contributed by atoms with Crippen molar-refractivity contribution < 1.29 is 18.7 Å². The normalized spacial score (nSPS) is 10.8. The molecule has 0 aliphatic carbocycles. The van der Waals surface area contributed by atoms with Crippen molar-refractivity contribution in [2.75, 3.05) is 0 Å². The highest BCUT2D eigenvalue weighted by molar-refractivity contribution is 6.36. The highest BCUT2D eigenvalue weighted by Gasteiger charge is 2.15. The summed E-state index contributed by atoms with van der Waals surface area (Å²) >= 11 is 11.9. The molecule has 0 spiro atoms. The molecule has 0 saturated heterocycles. The fourth-order valence-corrected chi connectivity index (χ4v) is 3.45. The summed E-state index contributed by atoms with van der Waals surface area (Å²) in [6.07, 6.45) is 2.15. The zero-order valence-electron chi connectivity index (χ0n) is 16.4. The van der Waals surface area contributed by atoms with Crippen molar-refractivity contribution in [3.8, 4) is 17.2 Å². The van der Waals surface area contributed by atoms with Crippen molar-refractivity contribution in [3.05, 3.63) is 98.3 Å².